The Balaban J connectivity index is 2.64. The lowest BCUT2D eigenvalue weighted by Gasteiger charge is -2.15. The first-order chi connectivity index (χ1) is 9.97. The molecule has 0 unspecified atom stereocenters. The van der Waals surface area contributed by atoms with E-state index >= 15 is 0 Å². The summed E-state index contributed by atoms with van der Waals surface area (Å²) in [5.74, 6) is -0.101. The molecular weight excluding hydrogens is 268 g/mol. The van der Waals surface area contributed by atoms with Crippen LogP contribution in [0.5, 0.6) is 0 Å². The highest BCUT2D eigenvalue weighted by molar-refractivity contribution is 6.03. The van der Waals surface area contributed by atoms with Crippen molar-refractivity contribution in [2.24, 2.45) is 0 Å². The van der Waals surface area contributed by atoms with Crippen molar-refractivity contribution in [3.8, 4) is 0 Å². The molecule has 0 heterocycles. The second kappa shape index (κ2) is 8.09. The number of hydrogen-bond acceptors (Lipinski definition) is 3. The van der Waals surface area contributed by atoms with Crippen molar-refractivity contribution in [2.75, 3.05) is 19.5 Å². The van der Waals surface area contributed by atoms with Crippen molar-refractivity contribution < 1.29 is 14.3 Å². The summed E-state index contributed by atoms with van der Waals surface area (Å²) in [6, 6.07) is 7.37. The quantitative estimate of drug-likeness (QED) is 0.847. The number of nitrogens with zero attached hydrogens (tertiary/aromatic N) is 1. The minimum atomic E-state index is -0.382. The molecule has 0 aliphatic rings. The first kappa shape index (κ1) is 16.8. The van der Waals surface area contributed by atoms with E-state index in [4.69, 9.17) is 0 Å². The number of rotatable bonds is 5. The van der Waals surface area contributed by atoms with Crippen LogP contribution in [0, 0.1) is 0 Å². The highest BCUT2D eigenvalue weighted by Gasteiger charge is 2.09. The van der Waals surface area contributed by atoms with Gasteiger partial charge in [0.25, 0.3) is 5.91 Å². The SMILES string of the molecule is CC/C=C(/C)C(=O)Nc1ccc(CN(C)C(=O)OC)cc1. The summed E-state index contributed by atoms with van der Waals surface area (Å²) >= 11 is 0. The number of amides is 2. The van der Waals surface area contributed by atoms with Crippen LogP contribution in [0.15, 0.2) is 35.9 Å². The molecule has 0 aliphatic carbocycles. The maximum absolute atomic E-state index is 11.8. The van der Waals surface area contributed by atoms with Crippen molar-refractivity contribution >= 4 is 17.7 Å². The molecule has 0 saturated carbocycles. The van der Waals surface area contributed by atoms with E-state index < -0.39 is 0 Å². The van der Waals surface area contributed by atoms with Crippen LogP contribution in [0.4, 0.5) is 10.5 Å². The normalized spacial score (nSPS) is 11.0. The van der Waals surface area contributed by atoms with Crippen LogP contribution >= 0.6 is 0 Å². The minimum absolute atomic E-state index is 0.101. The first-order valence-corrected chi connectivity index (χ1v) is 6.84. The van der Waals surface area contributed by atoms with Gasteiger partial charge in [-0.1, -0.05) is 25.1 Å². The first-order valence-electron chi connectivity index (χ1n) is 6.84. The van der Waals surface area contributed by atoms with Crippen molar-refractivity contribution in [3.63, 3.8) is 0 Å². The Morgan fingerprint density at radius 3 is 2.43 bits per heavy atom. The second-order valence-corrected chi connectivity index (χ2v) is 4.77. The summed E-state index contributed by atoms with van der Waals surface area (Å²) in [5, 5.41) is 2.83. The van der Waals surface area contributed by atoms with E-state index in [1.165, 1.54) is 12.0 Å². The largest absolute Gasteiger partial charge is 0.453 e. The topological polar surface area (TPSA) is 58.6 Å². The fraction of sp³-hybridized carbons (Fsp3) is 0.375. The summed E-state index contributed by atoms with van der Waals surface area (Å²) in [7, 11) is 3.02. The van der Waals surface area contributed by atoms with Gasteiger partial charge in [0, 0.05) is 24.9 Å². The molecule has 0 aliphatic heterocycles. The molecule has 0 spiro atoms. The van der Waals surface area contributed by atoms with Gasteiger partial charge in [0.1, 0.15) is 0 Å². The molecule has 1 rings (SSSR count). The molecule has 0 fully saturated rings. The molecule has 1 aromatic carbocycles. The molecule has 0 saturated heterocycles. The summed E-state index contributed by atoms with van der Waals surface area (Å²) in [6.07, 6.45) is 2.33. The molecule has 0 radical (unpaired) electrons. The number of hydrogen-bond donors (Lipinski definition) is 1. The third-order valence-corrected chi connectivity index (χ3v) is 2.99. The van der Waals surface area contributed by atoms with Gasteiger partial charge in [0.15, 0.2) is 0 Å². The molecule has 21 heavy (non-hydrogen) atoms. The van der Waals surface area contributed by atoms with Gasteiger partial charge in [-0.3, -0.25) is 4.79 Å². The monoisotopic (exact) mass is 290 g/mol. The Kier molecular flexibility index (Phi) is 6.46. The summed E-state index contributed by atoms with van der Waals surface area (Å²) in [4.78, 5) is 24.6. The Hall–Kier alpha value is -2.30. The lowest BCUT2D eigenvalue weighted by molar-refractivity contribution is -0.112. The standard InChI is InChI=1S/C16H22N2O3/c1-5-6-12(2)15(19)17-14-9-7-13(8-10-14)11-18(3)16(20)21-4/h6-10H,5,11H2,1-4H3,(H,17,19)/b12-6-. The number of carbonyl (C=O) groups is 2. The van der Waals surface area contributed by atoms with E-state index in [0.29, 0.717) is 12.1 Å². The Bertz CT molecular complexity index is 521. The molecule has 0 bridgehead atoms. The van der Waals surface area contributed by atoms with Crippen molar-refractivity contribution in [1.29, 1.82) is 0 Å². The molecule has 114 valence electrons. The number of allylic oxidation sites excluding steroid dienone is 1. The number of ether oxygens (including phenoxy) is 1. The van der Waals surface area contributed by atoms with Crippen LogP contribution in [-0.4, -0.2) is 31.1 Å². The fourth-order valence-electron chi connectivity index (χ4n) is 1.82. The van der Waals surface area contributed by atoms with E-state index in [-0.39, 0.29) is 12.0 Å². The highest BCUT2D eigenvalue weighted by Crippen LogP contribution is 2.12. The lowest BCUT2D eigenvalue weighted by Crippen LogP contribution is -2.25. The van der Waals surface area contributed by atoms with E-state index in [1.54, 1.807) is 14.0 Å². The number of carbonyl (C=O) groups excluding carboxylic acids is 2. The van der Waals surface area contributed by atoms with Gasteiger partial charge in [-0.15, -0.1) is 0 Å². The van der Waals surface area contributed by atoms with Crippen LogP contribution in [0.1, 0.15) is 25.8 Å². The van der Waals surface area contributed by atoms with Gasteiger partial charge >= 0.3 is 6.09 Å². The van der Waals surface area contributed by atoms with E-state index in [9.17, 15) is 9.59 Å². The summed E-state index contributed by atoms with van der Waals surface area (Å²) in [5.41, 5.74) is 2.39. The molecule has 1 N–H and O–H groups in total. The predicted molar refractivity (Wildman–Crippen MR) is 83.0 cm³/mol. The zero-order chi connectivity index (χ0) is 15.8. The van der Waals surface area contributed by atoms with E-state index in [2.05, 4.69) is 10.1 Å². The summed E-state index contributed by atoms with van der Waals surface area (Å²) < 4.78 is 4.63. The van der Waals surface area contributed by atoms with Crippen LogP contribution in [0.3, 0.4) is 0 Å². The summed E-state index contributed by atoms with van der Waals surface area (Å²) in [6.45, 7) is 4.23. The zero-order valence-electron chi connectivity index (χ0n) is 13.0. The van der Waals surface area contributed by atoms with Crippen molar-refractivity contribution in [2.45, 2.75) is 26.8 Å². The molecule has 0 atom stereocenters. The third-order valence-electron chi connectivity index (χ3n) is 2.99. The molecule has 0 aromatic heterocycles. The van der Waals surface area contributed by atoms with Gasteiger partial charge in [0.2, 0.25) is 0 Å². The van der Waals surface area contributed by atoms with Crippen molar-refractivity contribution in [1.82, 2.24) is 4.90 Å². The van der Waals surface area contributed by atoms with Crippen LogP contribution in [-0.2, 0) is 16.1 Å². The number of anilines is 1. The van der Waals surface area contributed by atoms with Gasteiger partial charge in [-0.05, 0) is 31.0 Å². The zero-order valence-corrected chi connectivity index (χ0v) is 13.0. The maximum atomic E-state index is 11.8. The lowest BCUT2D eigenvalue weighted by atomic mass is 10.2. The fourth-order valence-corrected chi connectivity index (χ4v) is 1.82. The van der Waals surface area contributed by atoms with Gasteiger partial charge < -0.3 is 15.0 Å². The Morgan fingerprint density at radius 1 is 1.29 bits per heavy atom. The number of methoxy groups -OCH3 is 1. The second-order valence-electron chi connectivity index (χ2n) is 4.77. The molecule has 5 nitrogen and oxygen atoms in total. The number of nitrogens with one attached hydrogen (secondary N) is 1. The predicted octanol–water partition coefficient (Wildman–Crippen LogP) is 3.18. The third kappa shape index (κ3) is 5.30. The van der Waals surface area contributed by atoms with Gasteiger partial charge in [-0.25, -0.2) is 4.79 Å². The maximum Gasteiger partial charge on any atom is 0.409 e. The molecular formula is C16H22N2O3. The van der Waals surface area contributed by atoms with Gasteiger partial charge in [0.05, 0.1) is 7.11 Å². The van der Waals surface area contributed by atoms with Crippen LogP contribution in [0.2, 0.25) is 0 Å². The average molecular weight is 290 g/mol. The molecule has 5 heteroatoms. The van der Waals surface area contributed by atoms with Gasteiger partial charge in [-0.2, -0.15) is 0 Å². The number of benzene rings is 1. The smallest absolute Gasteiger partial charge is 0.409 e. The van der Waals surface area contributed by atoms with E-state index in [1.807, 2.05) is 37.3 Å². The van der Waals surface area contributed by atoms with Crippen molar-refractivity contribution in [3.05, 3.63) is 41.5 Å². The Morgan fingerprint density at radius 2 is 1.90 bits per heavy atom. The average Bonchev–Trinajstić information content (AvgIpc) is 2.48. The Labute approximate surface area is 125 Å². The molecule has 1 aromatic rings. The minimum Gasteiger partial charge on any atom is -0.453 e. The van der Waals surface area contributed by atoms with Crippen LogP contribution < -0.4 is 5.32 Å². The molecule has 2 amide bonds. The van der Waals surface area contributed by atoms with Crippen LogP contribution in [0.25, 0.3) is 0 Å². The van der Waals surface area contributed by atoms with E-state index in [0.717, 1.165) is 17.7 Å². The highest BCUT2D eigenvalue weighted by atomic mass is 16.5.